The van der Waals surface area contributed by atoms with Gasteiger partial charge < -0.3 is 4.98 Å². The van der Waals surface area contributed by atoms with Gasteiger partial charge in [0.1, 0.15) is 0 Å². The van der Waals surface area contributed by atoms with Gasteiger partial charge in [0.05, 0.1) is 0 Å². The third-order valence-electron chi connectivity index (χ3n) is 3.56. The zero-order valence-corrected chi connectivity index (χ0v) is 12.7. The highest BCUT2D eigenvalue weighted by Gasteiger charge is 2.09. The zero-order chi connectivity index (χ0) is 14.9. The van der Waals surface area contributed by atoms with Crippen LogP contribution in [0.2, 0.25) is 0 Å². The number of aromatic nitrogens is 5. The predicted molar refractivity (Wildman–Crippen MR) is 86.8 cm³/mol. The van der Waals surface area contributed by atoms with Crippen molar-refractivity contribution in [2.75, 3.05) is 0 Å². The van der Waals surface area contributed by atoms with E-state index in [2.05, 4.69) is 75.0 Å². The third kappa shape index (κ3) is 2.37. The Morgan fingerprint density at radius 1 is 1.00 bits per heavy atom. The molecule has 0 amide bonds. The van der Waals surface area contributed by atoms with Crippen LogP contribution in [0.4, 0.5) is 0 Å². The molecule has 2 heterocycles. The fourth-order valence-electron chi connectivity index (χ4n) is 2.40. The highest BCUT2D eigenvalue weighted by molar-refractivity contribution is 7.99. The van der Waals surface area contributed by atoms with Crippen LogP contribution in [-0.2, 0) is 0 Å². The Kier molecular flexibility index (Phi) is 3.16. The first-order valence-electron chi connectivity index (χ1n) is 6.89. The number of nitrogens with zero attached hydrogens (tertiary/aromatic N) is 3. The molecule has 0 aliphatic heterocycles. The molecular weight excluding hydrogens is 294 g/mol. The summed E-state index contributed by atoms with van der Waals surface area (Å²) in [5.41, 5.74) is 4.77. The minimum atomic E-state index is 0.613. The monoisotopic (exact) mass is 307 g/mol. The second-order valence-corrected chi connectivity index (χ2v) is 6.08. The first-order chi connectivity index (χ1) is 10.8. The number of aryl methyl sites for hydroxylation is 1. The van der Waals surface area contributed by atoms with E-state index in [0.29, 0.717) is 5.16 Å². The smallest absolute Gasteiger partial charge is 0.235 e. The summed E-state index contributed by atoms with van der Waals surface area (Å²) in [4.78, 5) is 4.37. The molecule has 108 valence electrons. The minimum absolute atomic E-state index is 0.613. The van der Waals surface area contributed by atoms with E-state index in [-0.39, 0.29) is 0 Å². The van der Waals surface area contributed by atoms with Gasteiger partial charge in [-0.15, -0.1) is 10.2 Å². The lowest BCUT2D eigenvalue weighted by Gasteiger charge is -2.03. The Bertz CT molecular complexity index is 910. The molecule has 0 saturated heterocycles. The number of hydrogen-bond acceptors (Lipinski definition) is 4. The van der Waals surface area contributed by atoms with E-state index in [1.165, 1.54) is 28.5 Å². The standard InChI is InChI=1S/C16H13N5S/c1-10-2-4-11(5-3-10)12-6-7-14-13(8-12)15(9-17-14)22-16-18-20-21-19-16/h2-9,17H,1H3,(H,18,19,20,21). The van der Waals surface area contributed by atoms with Crippen LogP contribution in [0.15, 0.2) is 58.7 Å². The average molecular weight is 307 g/mol. The molecule has 0 aliphatic rings. The molecule has 5 nitrogen and oxygen atoms in total. The fourth-order valence-corrected chi connectivity index (χ4v) is 3.16. The van der Waals surface area contributed by atoms with E-state index >= 15 is 0 Å². The largest absolute Gasteiger partial charge is 0.360 e. The molecule has 2 N–H and O–H groups in total. The number of rotatable bonds is 3. The van der Waals surface area contributed by atoms with Crippen LogP contribution < -0.4 is 0 Å². The number of nitrogens with one attached hydrogen (secondary N) is 2. The summed E-state index contributed by atoms with van der Waals surface area (Å²) in [5.74, 6) is 0. The summed E-state index contributed by atoms with van der Waals surface area (Å²) in [6, 6.07) is 15.0. The molecule has 0 unspecified atom stereocenters. The van der Waals surface area contributed by atoms with Gasteiger partial charge in [0.2, 0.25) is 5.16 Å². The normalized spacial score (nSPS) is 11.1. The van der Waals surface area contributed by atoms with Crippen molar-refractivity contribution in [1.82, 2.24) is 25.6 Å². The van der Waals surface area contributed by atoms with Crippen molar-refractivity contribution in [2.45, 2.75) is 17.0 Å². The molecule has 0 spiro atoms. The van der Waals surface area contributed by atoms with Crippen LogP contribution in [0.5, 0.6) is 0 Å². The lowest BCUT2D eigenvalue weighted by atomic mass is 10.0. The topological polar surface area (TPSA) is 70.2 Å². The lowest BCUT2D eigenvalue weighted by Crippen LogP contribution is -1.80. The van der Waals surface area contributed by atoms with Gasteiger partial charge in [-0.25, -0.2) is 0 Å². The first-order valence-corrected chi connectivity index (χ1v) is 7.71. The molecule has 2 aromatic carbocycles. The van der Waals surface area contributed by atoms with Crippen molar-refractivity contribution >= 4 is 22.7 Å². The van der Waals surface area contributed by atoms with Crippen molar-refractivity contribution in [2.24, 2.45) is 0 Å². The second-order valence-electron chi connectivity index (χ2n) is 5.08. The summed E-state index contributed by atoms with van der Waals surface area (Å²) in [5, 5.41) is 15.8. The van der Waals surface area contributed by atoms with E-state index in [4.69, 9.17) is 0 Å². The lowest BCUT2D eigenvalue weighted by molar-refractivity contribution is 0.881. The van der Waals surface area contributed by atoms with Crippen molar-refractivity contribution in [3.8, 4) is 11.1 Å². The molecule has 0 radical (unpaired) electrons. The Balaban J connectivity index is 1.77. The summed E-state index contributed by atoms with van der Waals surface area (Å²) >= 11 is 1.49. The summed E-state index contributed by atoms with van der Waals surface area (Å²) < 4.78 is 0. The zero-order valence-electron chi connectivity index (χ0n) is 11.9. The van der Waals surface area contributed by atoms with Gasteiger partial charge in [-0.3, -0.25) is 0 Å². The highest BCUT2D eigenvalue weighted by Crippen LogP contribution is 2.33. The van der Waals surface area contributed by atoms with Crippen LogP contribution in [-0.4, -0.2) is 25.6 Å². The van der Waals surface area contributed by atoms with Crippen LogP contribution in [0.1, 0.15) is 5.56 Å². The van der Waals surface area contributed by atoms with Gasteiger partial charge >= 0.3 is 0 Å². The first kappa shape index (κ1) is 13.1. The Morgan fingerprint density at radius 3 is 2.59 bits per heavy atom. The van der Waals surface area contributed by atoms with Crippen molar-refractivity contribution in [3.05, 3.63) is 54.2 Å². The molecule has 0 saturated carbocycles. The second kappa shape index (κ2) is 5.31. The molecule has 2 aromatic heterocycles. The van der Waals surface area contributed by atoms with Crippen molar-refractivity contribution < 1.29 is 0 Å². The van der Waals surface area contributed by atoms with E-state index in [0.717, 1.165) is 15.8 Å². The SMILES string of the molecule is Cc1ccc(-c2ccc3[nH]cc(Sc4nn[nH]n4)c3c2)cc1. The summed E-state index contributed by atoms with van der Waals surface area (Å²) in [6.07, 6.45) is 1.98. The maximum atomic E-state index is 3.99. The molecule has 0 fully saturated rings. The quantitative estimate of drug-likeness (QED) is 0.604. The van der Waals surface area contributed by atoms with Crippen molar-refractivity contribution in [3.63, 3.8) is 0 Å². The van der Waals surface area contributed by atoms with Gasteiger partial charge in [-0.2, -0.15) is 5.21 Å². The molecule has 0 aliphatic carbocycles. The third-order valence-corrected chi connectivity index (χ3v) is 4.47. The molecule has 4 rings (SSSR count). The number of fused-ring (bicyclic) bond motifs is 1. The molecule has 0 bridgehead atoms. The summed E-state index contributed by atoms with van der Waals surface area (Å²) in [7, 11) is 0. The van der Waals surface area contributed by atoms with Crippen LogP contribution in [0, 0.1) is 6.92 Å². The van der Waals surface area contributed by atoms with E-state index in [1.807, 2.05) is 6.20 Å². The average Bonchev–Trinajstić information content (AvgIpc) is 3.18. The van der Waals surface area contributed by atoms with Crippen LogP contribution >= 0.6 is 11.8 Å². The van der Waals surface area contributed by atoms with Gasteiger partial charge in [0, 0.05) is 22.0 Å². The molecule has 0 atom stereocenters. The van der Waals surface area contributed by atoms with Gasteiger partial charge in [-0.05, 0) is 47.2 Å². The summed E-state index contributed by atoms with van der Waals surface area (Å²) in [6.45, 7) is 2.10. The van der Waals surface area contributed by atoms with Crippen LogP contribution in [0.25, 0.3) is 22.0 Å². The Labute approximate surface area is 131 Å². The number of aromatic amines is 2. The fraction of sp³-hybridized carbons (Fsp3) is 0.0625. The minimum Gasteiger partial charge on any atom is -0.360 e. The maximum absolute atomic E-state index is 3.99. The van der Waals surface area contributed by atoms with E-state index < -0.39 is 0 Å². The number of benzene rings is 2. The van der Waals surface area contributed by atoms with Crippen molar-refractivity contribution in [1.29, 1.82) is 0 Å². The van der Waals surface area contributed by atoms with E-state index in [1.54, 1.807) is 0 Å². The molecule has 6 heteroatoms. The number of H-pyrrole nitrogens is 2. The van der Waals surface area contributed by atoms with Gasteiger partial charge in [0.15, 0.2) is 0 Å². The maximum Gasteiger partial charge on any atom is 0.235 e. The predicted octanol–water partition coefficient (Wildman–Crippen LogP) is 3.81. The highest BCUT2D eigenvalue weighted by atomic mass is 32.2. The molecule has 4 aromatic rings. The Morgan fingerprint density at radius 2 is 1.82 bits per heavy atom. The van der Waals surface area contributed by atoms with Crippen LogP contribution in [0.3, 0.4) is 0 Å². The number of tetrazole rings is 1. The number of hydrogen-bond donors (Lipinski definition) is 2. The van der Waals surface area contributed by atoms with E-state index in [9.17, 15) is 0 Å². The van der Waals surface area contributed by atoms with Gasteiger partial charge in [-0.1, -0.05) is 35.9 Å². The molecular formula is C16H13N5S. The molecule has 22 heavy (non-hydrogen) atoms. The van der Waals surface area contributed by atoms with Gasteiger partial charge in [0.25, 0.3) is 0 Å². The Hall–Kier alpha value is -2.60.